The van der Waals surface area contributed by atoms with Crippen molar-refractivity contribution < 1.29 is 24.2 Å². The number of Topliss-reactive ketones (excluding diaryl/α,β-unsaturated/α-hetero) is 1. The van der Waals surface area contributed by atoms with E-state index in [9.17, 15) is 14.7 Å². The van der Waals surface area contributed by atoms with Crippen molar-refractivity contribution in [3.63, 3.8) is 0 Å². The van der Waals surface area contributed by atoms with Gasteiger partial charge < -0.3 is 14.6 Å². The topological polar surface area (TPSA) is 72.8 Å². The number of ketones is 1. The molecule has 2 aromatic carbocycles. The fraction of sp³-hybridized carbons (Fsp3) is 0.364. The molecule has 0 amide bonds. The quantitative estimate of drug-likeness (QED) is 0.270. The lowest BCUT2D eigenvalue weighted by Gasteiger charge is -2.09. The third-order valence-electron chi connectivity index (χ3n) is 4.16. The molecular formula is C22H26O5. The Balaban J connectivity index is 1.92. The number of rotatable bonds is 10. The summed E-state index contributed by atoms with van der Waals surface area (Å²) in [6.07, 6.45) is 4.84. The molecule has 0 radical (unpaired) electrons. The van der Waals surface area contributed by atoms with Gasteiger partial charge in [-0.1, -0.05) is 33.1 Å². The van der Waals surface area contributed by atoms with Gasteiger partial charge in [0.1, 0.15) is 17.2 Å². The van der Waals surface area contributed by atoms with Crippen LogP contribution in [0.1, 0.15) is 66.7 Å². The SMILES string of the molecule is CCCCCCOc1ccc(C(=O)Oc2ccc(C(=O)CC)c(O)c2)cc1. The maximum atomic E-state index is 12.2. The largest absolute Gasteiger partial charge is 0.507 e. The lowest BCUT2D eigenvalue weighted by atomic mass is 10.1. The van der Waals surface area contributed by atoms with Crippen LogP contribution in [0.2, 0.25) is 0 Å². The molecule has 27 heavy (non-hydrogen) atoms. The summed E-state index contributed by atoms with van der Waals surface area (Å²) in [4.78, 5) is 23.9. The maximum absolute atomic E-state index is 12.2. The summed E-state index contributed by atoms with van der Waals surface area (Å²) >= 11 is 0. The van der Waals surface area contributed by atoms with E-state index in [0.717, 1.165) is 12.8 Å². The zero-order valence-electron chi connectivity index (χ0n) is 15.9. The van der Waals surface area contributed by atoms with Gasteiger partial charge in [-0.15, -0.1) is 0 Å². The van der Waals surface area contributed by atoms with Gasteiger partial charge in [0.15, 0.2) is 5.78 Å². The minimum absolute atomic E-state index is 0.171. The van der Waals surface area contributed by atoms with Crippen molar-refractivity contribution in [3.05, 3.63) is 53.6 Å². The molecule has 5 heteroatoms. The Morgan fingerprint density at radius 1 is 0.926 bits per heavy atom. The third kappa shape index (κ3) is 6.13. The van der Waals surface area contributed by atoms with Crippen LogP contribution in [0.3, 0.4) is 0 Å². The molecule has 1 N–H and O–H groups in total. The fourth-order valence-electron chi connectivity index (χ4n) is 2.57. The van der Waals surface area contributed by atoms with Gasteiger partial charge in [-0.25, -0.2) is 4.79 Å². The van der Waals surface area contributed by atoms with E-state index in [1.165, 1.54) is 31.0 Å². The standard InChI is InChI=1S/C22H26O5/c1-3-5-6-7-14-26-17-10-8-16(9-11-17)22(25)27-18-12-13-19(20(23)4-2)21(24)15-18/h8-13,15,24H,3-7,14H2,1-2H3. The average Bonchev–Trinajstić information content (AvgIpc) is 2.68. The first-order valence-corrected chi connectivity index (χ1v) is 9.36. The molecule has 0 atom stereocenters. The number of phenols is 1. The van der Waals surface area contributed by atoms with Gasteiger partial charge in [-0.3, -0.25) is 4.79 Å². The van der Waals surface area contributed by atoms with E-state index in [-0.39, 0.29) is 22.8 Å². The number of esters is 1. The lowest BCUT2D eigenvalue weighted by Crippen LogP contribution is -2.09. The molecule has 0 aliphatic rings. The first kappa shape index (κ1) is 20.5. The molecule has 2 aromatic rings. The second kappa shape index (κ2) is 10.4. The Bertz CT molecular complexity index is 765. The molecule has 0 bridgehead atoms. The number of aromatic hydroxyl groups is 1. The molecule has 144 valence electrons. The van der Waals surface area contributed by atoms with Crippen LogP contribution in [0.25, 0.3) is 0 Å². The van der Waals surface area contributed by atoms with E-state index in [1.54, 1.807) is 31.2 Å². The number of carbonyl (C=O) groups excluding carboxylic acids is 2. The summed E-state index contributed by atoms with van der Waals surface area (Å²) in [6.45, 7) is 4.54. The van der Waals surface area contributed by atoms with Crippen LogP contribution in [0.15, 0.2) is 42.5 Å². The van der Waals surface area contributed by atoms with Crippen molar-refractivity contribution in [1.82, 2.24) is 0 Å². The van der Waals surface area contributed by atoms with E-state index >= 15 is 0 Å². The zero-order chi connectivity index (χ0) is 19.6. The second-order valence-corrected chi connectivity index (χ2v) is 6.28. The van der Waals surface area contributed by atoms with Crippen molar-refractivity contribution in [1.29, 1.82) is 0 Å². The van der Waals surface area contributed by atoms with E-state index in [1.807, 2.05) is 0 Å². The monoisotopic (exact) mass is 370 g/mol. The summed E-state index contributed by atoms with van der Waals surface area (Å²) < 4.78 is 10.9. The maximum Gasteiger partial charge on any atom is 0.343 e. The van der Waals surface area contributed by atoms with Crippen LogP contribution in [0, 0.1) is 0 Å². The summed E-state index contributed by atoms with van der Waals surface area (Å²) in [6, 6.07) is 11.0. The summed E-state index contributed by atoms with van der Waals surface area (Å²) in [5.41, 5.74) is 0.597. The fourth-order valence-corrected chi connectivity index (χ4v) is 2.57. The number of hydrogen-bond donors (Lipinski definition) is 1. The molecule has 0 aliphatic heterocycles. The normalized spacial score (nSPS) is 10.4. The lowest BCUT2D eigenvalue weighted by molar-refractivity contribution is 0.0734. The smallest absolute Gasteiger partial charge is 0.343 e. The van der Waals surface area contributed by atoms with Crippen LogP contribution < -0.4 is 9.47 Å². The Morgan fingerprint density at radius 3 is 2.26 bits per heavy atom. The molecule has 0 aliphatic carbocycles. The predicted molar refractivity (Wildman–Crippen MR) is 104 cm³/mol. The molecule has 0 unspecified atom stereocenters. The highest BCUT2D eigenvalue weighted by atomic mass is 16.5. The number of phenolic OH excluding ortho intramolecular Hbond substituents is 1. The molecule has 0 spiro atoms. The van der Waals surface area contributed by atoms with Crippen LogP contribution in [-0.2, 0) is 0 Å². The van der Waals surface area contributed by atoms with Gasteiger partial charge in [-0.05, 0) is 42.8 Å². The summed E-state index contributed by atoms with van der Waals surface area (Å²) in [5.74, 6) is -0.0161. The molecule has 0 heterocycles. The van der Waals surface area contributed by atoms with Gasteiger partial charge in [0, 0.05) is 12.5 Å². The van der Waals surface area contributed by atoms with E-state index in [2.05, 4.69) is 6.92 Å². The number of ether oxygens (including phenoxy) is 2. The van der Waals surface area contributed by atoms with E-state index in [4.69, 9.17) is 9.47 Å². The van der Waals surface area contributed by atoms with Crippen molar-refractivity contribution in [2.45, 2.75) is 46.0 Å². The van der Waals surface area contributed by atoms with Crippen molar-refractivity contribution in [2.75, 3.05) is 6.61 Å². The Hall–Kier alpha value is -2.82. The van der Waals surface area contributed by atoms with Gasteiger partial charge in [-0.2, -0.15) is 0 Å². The number of unbranched alkanes of at least 4 members (excludes halogenated alkanes) is 3. The summed E-state index contributed by atoms with van der Waals surface area (Å²) in [5, 5.41) is 9.92. The highest BCUT2D eigenvalue weighted by Gasteiger charge is 2.13. The highest BCUT2D eigenvalue weighted by Crippen LogP contribution is 2.25. The van der Waals surface area contributed by atoms with Gasteiger partial charge >= 0.3 is 5.97 Å². The summed E-state index contributed by atoms with van der Waals surface area (Å²) in [7, 11) is 0. The van der Waals surface area contributed by atoms with Crippen molar-refractivity contribution in [2.24, 2.45) is 0 Å². The van der Waals surface area contributed by atoms with Crippen LogP contribution in [0.4, 0.5) is 0 Å². The number of carbonyl (C=O) groups is 2. The molecule has 2 rings (SSSR count). The minimum atomic E-state index is -0.543. The van der Waals surface area contributed by atoms with Crippen molar-refractivity contribution >= 4 is 11.8 Å². The van der Waals surface area contributed by atoms with Gasteiger partial charge in [0.2, 0.25) is 0 Å². The first-order valence-electron chi connectivity index (χ1n) is 9.36. The first-order chi connectivity index (χ1) is 13.0. The van der Waals surface area contributed by atoms with Crippen LogP contribution >= 0.6 is 0 Å². The Morgan fingerprint density at radius 2 is 1.63 bits per heavy atom. The number of hydrogen-bond acceptors (Lipinski definition) is 5. The van der Waals surface area contributed by atoms with E-state index in [0.29, 0.717) is 24.3 Å². The molecule has 0 aromatic heterocycles. The zero-order valence-corrected chi connectivity index (χ0v) is 15.9. The van der Waals surface area contributed by atoms with E-state index < -0.39 is 5.97 Å². The number of benzene rings is 2. The molecule has 5 nitrogen and oxygen atoms in total. The molecular weight excluding hydrogens is 344 g/mol. The highest BCUT2D eigenvalue weighted by molar-refractivity contribution is 5.98. The molecule has 0 saturated carbocycles. The van der Waals surface area contributed by atoms with Crippen molar-refractivity contribution in [3.8, 4) is 17.2 Å². The Kier molecular flexibility index (Phi) is 7.86. The molecule has 0 fully saturated rings. The second-order valence-electron chi connectivity index (χ2n) is 6.28. The Labute approximate surface area is 159 Å². The van der Waals surface area contributed by atoms with Crippen LogP contribution in [-0.4, -0.2) is 23.5 Å². The predicted octanol–water partition coefficient (Wildman–Crippen LogP) is 5.16. The minimum Gasteiger partial charge on any atom is -0.507 e. The van der Waals surface area contributed by atoms with Gasteiger partial charge in [0.25, 0.3) is 0 Å². The third-order valence-corrected chi connectivity index (χ3v) is 4.16. The van der Waals surface area contributed by atoms with Gasteiger partial charge in [0.05, 0.1) is 17.7 Å². The van der Waals surface area contributed by atoms with Crippen LogP contribution in [0.5, 0.6) is 17.2 Å². The molecule has 0 saturated heterocycles. The average molecular weight is 370 g/mol.